The number of hydrogen-bond acceptors (Lipinski definition) is 3. The molecule has 0 unspecified atom stereocenters. The van der Waals surface area contributed by atoms with E-state index in [1.165, 1.54) is 90.8 Å². The Morgan fingerprint density at radius 2 is 1.09 bits per heavy atom. The van der Waals surface area contributed by atoms with Gasteiger partial charge in [0.1, 0.15) is 5.58 Å². The minimum Gasteiger partial charge on any atom is -0.468 e. The lowest BCUT2D eigenvalue weighted by molar-refractivity contribution is 0.332. The molecule has 58 heavy (non-hydrogen) atoms. The van der Waals surface area contributed by atoms with Gasteiger partial charge in [-0.05, 0) is 152 Å². The Labute approximate surface area is 348 Å². The SMILES string of the molecule is Cc1cc2c3c(c1)N(c1ccc(C(C)(C)C)cc1)c1c(oc4ccc(C(C)(C)C)cc14)B3c1cc(C(C)(C)C)ccc1N2c1cc2c(cc1C)C(C)(C)CCC2(C)C. The summed E-state index contributed by atoms with van der Waals surface area (Å²) < 4.78 is 7.28. The first-order chi connectivity index (χ1) is 27.0. The van der Waals surface area contributed by atoms with Gasteiger partial charge in [0.2, 0.25) is 0 Å². The van der Waals surface area contributed by atoms with Crippen molar-refractivity contribution in [2.45, 2.75) is 144 Å². The van der Waals surface area contributed by atoms with Gasteiger partial charge in [-0.3, -0.25) is 0 Å². The van der Waals surface area contributed by atoms with E-state index in [-0.39, 0.29) is 33.8 Å². The van der Waals surface area contributed by atoms with Crippen molar-refractivity contribution in [1.82, 2.24) is 0 Å². The van der Waals surface area contributed by atoms with Gasteiger partial charge in [0.05, 0.1) is 11.3 Å². The van der Waals surface area contributed by atoms with Crippen LogP contribution in [0.1, 0.15) is 142 Å². The van der Waals surface area contributed by atoms with Crippen LogP contribution in [0.2, 0.25) is 0 Å². The molecule has 0 saturated carbocycles. The summed E-state index contributed by atoms with van der Waals surface area (Å²) in [6.45, 7) is 35.1. The van der Waals surface area contributed by atoms with Crippen LogP contribution in [0.25, 0.3) is 11.0 Å². The molecule has 3 aliphatic rings. The third kappa shape index (κ3) is 5.90. The summed E-state index contributed by atoms with van der Waals surface area (Å²) >= 11 is 0. The number of rotatable bonds is 2. The van der Waals surface area contributed by atoms with Crippen molar-refractivity contribution in [2.75, 3.05) is 9.80 Å². The van der Waals surface area contributed by atoms with Gasteiger partial charge in [0.25, 0.3) is 6.71 Å². The Morgan fingerprint density at radius 3 is 1.69 bits per heavy atom. The molecule has 0 amide bonds. The molecule has 0 radical (unpaired) electrons. The first-order valence-corrected chi connectivity index (χ1v) is 21.7. The molecular formula is C54H63BN2O. The van der Waals surface area contributed by atoms with Crippen molar-refractivity contribution in [3.63, 3.8) is 0 Å². The van der Waals surface area contributed by atoms with Crippen molar-refractivity contribution < 1.29 is 4.42 Å². The van der Waals surface area contributed by atoms with E-state index < -0.39 is 0 Å². The summed E-state index contributed by atoms with van der Waals surface area (Å²) in [6, 6.07) is 33.4. The molecule has 2 aliphatic heterocycles. The fourth-order valence-corrected chi connectivity index (χ4v) is 10.1. The average molecular weight is 767 g/mol. The third-order valence-electron chi connectivity index (χ3n) is 13.9. The zero-order valence-corrected chi connectivity index (χ0v) is 37.9. The van der Waals surface area contributed by atoms with Crippen LogP contribution < -0.4 is 26.4 Å². The normalized spacial score (nSPS) is 16.9. The number of fused-ring (bicyclic) bond motifs is 7. The summed E-state index contributed by atoms with van der Waals surface area (Å²) in [4.78, 5) is 5.15. The Kier molecular flexibility index (Phi) is 8.31. The van der Waals surface area contributed by atoms with Crippen LogP contribution in [0.15, 0.2) is 89.3 Å². The fourth-order valence-electron chi connectivity index (χ4n) is 10.1. The molecular weight excluding hydrogens is 703 g/mol. The molecule has 298 valence electrons. The molecule has 5 aromatic carbocycles. The Bertz CT molecular complexity index is 2650. The monoisotopic (exact) mass is 767 g/mol. The summed E-state index contributed by atoms with van der Waals surface area (Å²) in [7, 11) is 0. The molecule has 0 spiro atoms. The standard InChI is InChI=1S/C54H63BN2O/c1-32-26-44-47-45(27-32)57(43-31-40-39(28-33(43)2)53(12,13)24-25-54(40,14)15)42-22-18-36(52(9,10)11)30-41(42)55(47)49-48(38-29-35(51(6,7)8)19-23-46(38)58-49)56(44)37-20-16-34(17-21-37)50(3,4)5/h16-23,26-31H,24-25H2,1-15H3. The quantitative estimate of drug-likeness (QED) is 0.163. The Hall–Kier alpha value is -4.70. The third-order valence-corrected chi connectivity index (χ3v) is 13.9. The van der Waals surface area contributed by atoms with E-state index in [2.05, 4.69) is 199 Å². The van der Waals surface area contributed by atoms with Gasteiger partial charge < -0.3 is 14.2 Å². The van der Waals surface area contributed by atoms with Gasteiger partial charge in [-0.2, -0.15) is 0 Å². The highest BCUT2D eigenvalue weighted by atomic mass is 16.3. The van der Waals surface area contributed by atoms with E-state index in [1.54, 1.807) is 0 Å². The van der Waals surface area contributed by atoms with Crippen LogP contribution in [0.3, 0.4) is 0 Å². The maximum Gasteiger partial charge on any atom is 0.297 e. The maximum absolute atomic E-state index is 7.28. The summed E-state index contributed by atoms with van der Waals surface area (Å²) in [5.41, 5.74) is 21.6. The molecule has 0 bridgehead atoms. The van der Waals surface area contributed by atoms with E-state index >= 15 is 0 Å². The zero-order valence-electron chi connectivity index (χ0n) is 37.9. The molecule has 6 aromatic rings. The highest BCUT2D eigenvalue weighted by Gasteiger charge is 2.48. The minimum atomic E-state index is -0.0851. The molecule has 4 heteroatoms. The smallest absolute Gasteiger partial charge is 0.297 e. The lowest BCUT2D eigenvalue weighted by Crippen LogP contribution is -2.61. The topological polar surface area (TPSA) is 19.6 Å². The van der Waals surface area contributed by atoms with Crippen LogP contribution in [-0.4, -0.2) is 6.71 Å². The van der Waals surface area contributed by atoms with E-state index in [0.717, 1.165) is 22.6 Å². The lowest BCUT2D eigenvalue weighted by Gasteiger charge is -2.45. The van der Waals surface area contributed by atoms with E-state index in [0.29, 0.717) is 0 Å². The van der Waals surface area contributed by atoms with Crippen molar-refractivity contribution in [2.24, 2.45) is 0 Å². The Morgan fingerprint density at radius 1 is 0.552 bits per heavy atom. The number of hydrogen-bond donors (Lipinski definition) is 0. The van der Waals surface area contributed by atoms with Crippen LogP contribution in [0.4, 0.5) is 34.1 Å². The predicted molar refractivity (Wildman–Crippen MR) is 251 cm³/mol. The molecule has 0 fully saturated rings. The van der Waals surface area contributed by atoms with Crippen LogP contribution in [0.5, 0.6) is 0 Å². The second-order valence-electron chi connectivity index (χ2n) is 22.4. The number of benzene rings is 5. The zero-order chi connectivity index (χ0) is 41.6. The summed E-state index contributed by atoms with van der Waals surface area (Å²) in [5, 5.41) is 1.17. The molecule has 3 heterocycles. The molecule has 0 saturated heterocycles. The second kappa shape index (κ2) is 12.4. The highest BCUT2D eigenvalue weighted by Crippen LogP contribution is 2.52. The van der Waals surface area contributed by atoms with Crippen molar-refractivity contribution in [3.8, 4) is 0 Å². The lowest BCUT2D eigenvalue weighted by atomic mass is 9.35. The molecule has 1 aliphatic carbocycles. The van der Waals surface area contributed by atoms with Gasteiger partial charge in [0.15, 0.2) is 0 Å². The molecule has 1 aromatic heterocycles. The number of nitrogens with zero attached hydrogens (tertiary/aromatic N) is 2. The van der Waals surface area contributed by atoms with E-state index in [9.17, 15) is 0 Å². The first kappa shape index (κ1) is 38.8. The van der Waals surface area contributed by atoms with Crippen LogP contribution in [-0.2, 0) is 27.1 Å². The van der Waals surface area contributed by atoms with Crippen LogP contribution >= 0.6 is 0 Å². The maximum atomic E-state index is 7.28. The number of furan rings is 1. The fraction of sp³-hybridized carbons (Fsp3) is 0.407. The highest BCUT2D eigenvalue weighted by molar-refractivity contribution is 7.00. The van der Waals surface area contributed by atoms with Crippen molar-refractivity contribution >= 4 is 68.4 Å². The van der Waals surface area contributed by atoms with Crippen LogP contribution in [0, 0.1) is 13.8 Å². The average Bonchev–Trinajstić information content (AvgIpc) is 3.51. The summed E-state index contributed by atoms with van der Waals surface area (Å²) in [5.74, 6) is 0. The van der Waals surface area contributed by atoms with Gasteiger partial charge in [-0.25, -0.2) is 0 Å². The second-order valence-corrected chi connectivity index (χ2v) is 22.4. The molecule has 0 atom stereocenters. The number of aryl methyl sites for hydroxylation is 2. The summed E-state index contributed by atoms with van der Waals surface area (Å²) in [6.07, 6.45) is 2.38. The largest absolute Gasteiger partial charge is 0.468 e. The van der Waals surface area contributed by atoms with Gasteiger partial charge in [-0.15, -0.1) is 0 Å². The van der Waals surface area contributed by atoms with Gasteiger partial charge in [0, 0.05) is 33.8 Å². The predicted octanol–water partition coefficient (Wildman–Crippen LogP) is 13.4. The number of anilines is 6. The Balaban J connectivity index is 1.40. The van der Waals surface area contributed by atoms with Gasteiger partial charge in [-0.1, -0.05) is 126 Å². The molecule has 0 N–H and O–H groups in total. The van der Waals surface area contributed by atoms with Crippen molar-refractivity contribution in [3.05, 3.63) is 124 Å². The molecule has 3 nitrogen and oxygen atoms in total. The van der Waals surface area contributed by atoms with E-state index in [1.807, 2.05) is 0 Å². The van der Waals surface area contributed by atoms with Crippen molar-refractivity contribution in [1.29, 1.82) is 0 Å². The minimum absolute atomic E-state index is 0.00999. The van der Waals surface area contributed by atoms with E-state index in [4.69, 9.17) is 4.42 Å². The van der Waals surface area contributed by atoms with Gasteiger partial charge >= 0.3 is 0 Å². The first-order valence-electron chi connectivity index (χ1n) is 21.7. The molecule has 9 rings (SSSR count).